The van der Waals surface area contributed by atoms with Gasteiger partial charge in [0.05, 0.1) is 6.61 Å². The van der Waals surface area contributed by atoms with E-state index in [2.05, 4.69) is 19.1 Å². The molecule has 0 aliphatic heterocycles. The van der Waals surface area contributed by atoms with Gasteiger partial charge in [0.25, 0.3) is 0 Å². The number of halogens is 1. The summed E-state index contributed by atoms with van der Waals surface area (Å²) in [6.45, 7) is 4.60. The highest BCUT2D eigenvalue weighted by Gasteiger charge is 2.22. The van der Waals surface area contributed by atoms with Crippen molar-refractivity contribution in [3.05, 3.63) is 47.8 Å². The Labute approximate surface area is 162 Å². The fraction of sp³-hybridized carbons (Fsp3) is 0.500. The number of hydrogen-bond donors (Lipinski definition) is 1. The molecule has 2 aromatic rings. The molecule has 3 rings (SSSR count). The van der Waals surface area contributed by atoms with E-state index in [4.69, 9.17) is 10.5 Å². The molecule has 0 unspecified atom stereocenters. The first-order chi connectivity index (χ1) is 13.1. The van der Waals surface area contributed by atoms with E-state index in [1.807, 2.05) is 19.1 Å². The zero-order valence-electron chi connectivity index (χ0n) is 16.6. The third kappa shape index (κ3) is 4.63. The van der Waals surface area contributed by atoms with Crippen LogP contribution in [0.25, 0.3) is 11.1 Å². The van der Waals surface area contributed by atoms with Crippen molar-refractivity contribution in [3.8, 4) is 16.9 Å². The number of benzene rings is 2. The molecular formula is C24H32FNO. The second-order valence-electron chi connectivity index (χ2n) is 7.75. The third-order valence-electron chi connectivity index (χ3n) is 5.95. The molecule has 1 aliphatic rings. The summed E-state index contributed by atoms with van der Waals surface area (Å²) in [5.74, 6) is 1.58. The van der Waals surface area contributed by atoms with Gasteiger partial charge in [-0.1, -0.05) is 50.5 Å². The Balaban J connectivity index is 1.69. The van der Waals surface area contributed by atoms with Crippen LogP contribution < -0.4 is 10.5 Å². The van der Waals surface area contributed by atoms with Crippen LogP contribution in [0.1, 0.15) is 70.3 Å². The standard InChI is InChI=1S/C24H32FNO/c1-3-5-6-17-7-9-18(10-8-17)19-11-13-20(14-12-19)21-15-16-22(27-4-2)24(26)23(21)25/h11-18H,3-10,26H2,1-2H3. The maximum Gasteiger partial charge on any atom is 0.157 e. The van der Waals surface area contributed by atoms with Crippen molar-refractivity contribution in [1.29, 1.82) is 0 Å². The summed E-state index contributed by atoms with van der Waals surface area (Å²) >= 11 is 0. The van der Waals surface area contributed by atoms with Crippen molar-refractivity contribution < 1.29 is 9.13 Å². The molecule has 0 radical (unpaired) electrons. The topological polar surface area (TPSA) is 35.2 Å². The Morgan fingerprint density at radius 3 is 2.33 bits per heavy atom. The molecule has 0 atom stereocenters. The molecule has 0 saturated heterocycles. The van der Waals surface area contributed by atoms with E-state index in [1.165, 1.54) is 50.5 Å². The van der Waals surface area contributed by atoms with Crippen LogP contribution >= 0.6 is 0 Å². The first-order valence-corrected chi connectivity index (χ1v) is 10.4. The minimum absolute atomic E-state index is 0.0869. The average molecular weight is 370 g/mol. The minimum atomic E-state index is -0.398. The van der Waals surface area contributed by atoms with Crippen LogP contribution in [0.15, 0.2) is 36.4 Å². The highest BCUT2D eigenvalue weighted by atomic mass is 19.1. The first kappa shape index (κ1) is 19.7. The highest BCUT2D eigenvalue weighted by Crippen LogP contribution is 2.39. The maximum absolute atomic E-state index is 14.7. The second-order valence-corrected chi connectivity index (χ2v) is 7.75. The number of ether oxygens (including phenoxy) is 1. The Bertz CT molecular complexity index is 733. The fourth-order valence-electron chi connectivity index (χ4n) is 4.29. The lowest BCUT2D eigenvalue weighted by molar-refractivity contribution is 0.304. The van der Waals surface area contributed by atoms with Crippen LogP contribution in [0.3, 0.4) is 0 Å². The lowest BCUT2D eigenvalue weighted by Gasteiger charge is -2.29. The lowest BCUT2D eigenvalue weighted by Crippen LogP contribution is -2.13. The van der Waals surface area contributed by atoms with Gasteiger partial charge in [0, 0.05) is 5.56 Å². The normalized spacial score (nSPS) is 19.8. The van der Waals surface area contributed by atoms with Gasteiger partial charge in [-0.15, -0.1) is 0 Å². The summed E-state index contributed by atoms with van der Waals surface area (Å²) in [7, 11) is 0. The number of nitrogens with two attached hydrogens (primary N) is 1. The Hall–Kier alpha value is -2.03. The molecule has 2 N–H and O–H groups in total. The van der Waals surface area contributed by atoms with E-state index >= 15 is 0 Å². The quantitative estimate of drug-likeness (QED) is 0.537. The largest absolute Gasteiger partial charge is 0.492 e. The van der Waals surface area contributed by atoms with Crippen LogP contribution in [0.4, 0.5) is 10.1 Å². The Morgan fingerprint density at radius 2 is 1.70 bits per heavy atom. The smallest absolute Gasteiger partial charge is 0.157 e. The second kappa shape index (κ2) is 9.25. The van der Waals surface area contributed by atoms with E-state index in [0.29, 0.717) is 23.8 Å². The van der Waals surface area contributed by atoms with Crippen molar-refractivity contribution in [3.63, 3.8) is 0 Å². The molecule has 3 heteroatoms. The summed E-state index contributed by atoms with van der Waals surface area (Å²) in [4.78, 5) is 0. The molecule has 27 heavy (non-hydrogen) atoms. The minimum Gasteiger partial charge on any atom is -0.492 e. The third-order valence-corrected chi connectivity index (χ3v) is 5.95. The van der Waals surface area contributed by atoms with Gasteiger partial charge in [-0.2, -0.15) is 0 Å². The molecule has 1 fully saturated rings. The van der Waals surface area contributed by atoms with E-state index in [0.717, 1.165) is 11.5 Å². The molecule has 1 aliphatic carbocycles. The molecule has 0 heterocycles. The number of hydrogen-bond acceptors (Lipinski definition) is 2. The predicted octanol–water partition coefficient (Wildman–Crippen LogP) is 6.94. The van der Waals surface area contributed by atoms with E-state index < -0.39 is 5.82 Å². The maximum atomic E-state index is 14.7. The molecule has 2 aromatic carbocycles. The number of rotatable bonds is 7. The Kier molecular flexibility index (Phi) is 6.76. The molecule has 0 amide bonds. The summed E-state index contributed by atoms with van der Waals surface area (Å²) in [5.41, 5.74) is 8.77. The van der Waals surface area contributed by atoms with Crippen molar-refractivity contribution >= 4 is 5.69 Å². The van der Waals surface area contributed by atoms with E-state index in [-0.39, 0.29) is 5.69 Å². The van der Waals surface area contributed by atoms with Crippen molar-refractivity contribution in [2.75, 3.05) is 12.3 Å². The van der Waals surface area contributed by atoms with Gasteiger partial charge in [0.2, 0.25) is 0 Å². The van der Waals surface area contributed by atoms with Crippen molar-refractivity contribution in [2.24, 2.45) is 5.92 Å². The number of anilines is 1. The van der Waals surface area contributed by atoms with E-state index in [9.17, 15) is 4.39 Å². The van der Waals surface area contributed by atoms with E-state index in [1.54, 1.807) is 12.1 Å². The highest BCUT2D eigenvalue weighted by molar-refractivity contribution is 5.72. The summed E-state index contributed by atoms with van der Waals surface area (Å²) in [5, 5.41) is 0. The van der Waals surface area contributed by atoms with Gasteiger partial charge < -0.3 is 10.5 Å². The van der Waals surface area contributed by atoms with Crippen LogP contribution in [0, 0.1) is 11.7 Å². The summed E-state index contributed by atoms with van der Waals surface area (Å²) in [6, 6.07) is 11.9. The van der Waals surface area contributed by atoms with Crippen LogP contribution in [-0.2, 0) is 0 Å². The molecule has 2 nitrogen and oxygen atoms in total. The Morgan fingerprint density at radius 1 is 1.00 bits per heavy atom. The van der Waals surface area contributed by atoms with Gasteiger partial charge in [-0.3, -0.25) is 0 Å². The van der Waals surface area contributed by atoms with Crippen molar-refractivity contribution in [2.45, 2.75) is 64.7 Å². The van der Waals surface area contributed by atoms with Gasteiger partial charge in [-0.05, 0) is 67.7 Å². The first-order valence-electron chi connectivity index (χ1n) is 10.4. The van der Waals surface area contributed by atoms with Crippen LogP contribution in [0.5, 0.6) is 5.75 Å². The summed E-state index contributed by atoms with van der Waals surface area (Å²) in [6.07, 6.45) is 9.29. The van der Waals surface area contributed by atoms with Gasteiger partial charge >= 0.3 is 0 Å². The number of unbranched alkanes of at least 4 members (excludes halogenated alkanes) is 1. The van der Waals surface area contributed by atoms with Gasteiger partial charge in [-0.25, -0.2) is 4.39 Å². The molecule has 0 spiro atoms. The molecular weight excluding hydrogens is 337 g/mol. The zero-order chi connectivity index (χ0) is 19.2. The summed E-state index contributed by atoms with van der Waals surface area (Å²) < 4.78 is 20.0. The monoisotopic (exact) mass is 369 g/mol. The van der Waals surface area contributed by atoms with Gasteiger partial charge in [0.1, 0.15) is 11.4 Å². The molecule has 1 saturated carbocycles. The average Bonchev–Trinajstić information content (AvgIpc) is 2.71. The predicted molar refractivity (Wildman–Crippen MR) is 112 cm³/mol. The fourth-order valence-corrected chi connectivity index (χ4v) is 4.29. The zero-order valence-corrected chi connectivity index (χ0v) is 16.6. The van der Waals surface area contributed by atoms with Crippen LogP contribution in [-0.4, -0.2) is 6.61 Å². The van der Waals surface area contributed by atoms with Crippen LogP contribution in [0.2, 0.25) is 0 Å². The SMILES string of the molecule is CCCCC1CCC(c2ccc(-c3ccc(OCC)c(N)c3F)cc2)CC1. The van der Waals surface area contributed by atoms with Crippen molar-refractivity contribution in [1.82, 2.24) is 0 Å². The molecule has 146 valence electrons. The van der Waals surface area contributed by atoms with Gasteiger partial charge in [0.15, 0.2) is 5.82 Å². The number of nitrogen functional groups attached to an aromatic ring is 1. The lowest BCUT2D eigenvalue weighted by atomic mass is 9.77. The molecule has 0 bridgehead atoms. The molecule has 0 aromatic heterocycles.